The Kier molecular flexibility index (Phi) is 171. The number of rotatable bonds is 26. The molecule has 0 aromatic rings. The molecule has 0 amide bonds. The number of hydrogen-bond donors (Lipinski definition) is 0. The minimum atomic E-state index is 0.838. The van der Waals surface area contributed by atoms with Crippen molar-refractivity contribution in [3.8, 4) is 0 Å². The molecule has 0 aliphatic carbocycles. The number of unbranched alkanes of at least 4 members (excludes halogenated alkanes) is 2. The van der Waals surface area contributed by atoms with E-state index in [2.05, 4.69) is 222 Å². The van der Waals surface area contributed by atoms with Gasteiger partial charge in [0.1, 0.15) is 0 Å². The number of hydrogen-bond acceptors (Lipinski definition) is 0. The van der Waals surface area contributed by atoms with Gasteiger partial charge in [0, 0.05) is 0 Å². The lowest BCUT2D eigenvalue weighted by atomic mass is 10.0. The van der Waals surface area contributed by atoms with Crippen LogP contribution in [0.25, 0.3) is 0 Å². The molecule has 0 aromatic carbocycles. The normalized spacial score (nSPS) is 10.2. The lowest BCUT2D eigenvalue weighted by Gasteiger charge is -2.05. The molecule has 0 radical (unpaired) electrons. The molecule has 0 rings (SSSR count). The van der Waals surface area contributed by atoms with Gasteiger partial charge >= 0.3 is 0 Å². The molecule has 15 heteroatoms. The van der Waals surface area contributed by atoms with Crippen LogP contribution in [0.5, 0.6) is 0 Å². The third-order valence-corrected chi connectivity index (χ3v) is 16.1. The summed E-state index contributed by atoms with van der Waals surface area (Å²) in [6, 6.07) is 0. The van der Waals surface area contributed by atoms with E-state index in [1.54, 1.807) is 0 Å². The van der Waals surface area contributed by atoms with Crippen molar-refractivity contribution >= 4 is 139 Å². The van der Waals surface area contributed by atoms with Crippen molar-refractivity contribution in [2.75, 3.05) is 73.9 Å². The van der Waals surface area contributed by atoms with Crippen molar-refractivity contribution < 1.29 is 0 Å². The first-order valence-electron chi connectivity index (χ1n) is 26.2. The van der Waals surface area contributed by atoms with E-state index in [4.69, 9.17) is 0 Å². The topological polar surface area (TPSA) is 0 Å². The molecule has 0 N–H and O–H groups in total. The Balaban J connectivity index is -0.0000000545. The van der Waals surface area contributed by atoms with Crippen molar-refractivity contribution in [2.45, 2.75) is 228 Å². The zero-order valence-corrected chi connectivity index (χ0v) is 63.5. The third-order valence-electron chi connectivity index (χ3n) is 8.26. The Morgan fingerprint density at radius 2 is 0.375 bits per heavy atom. The van der Waals surface area contributed by atoms with Crippen molar-refractivity contribution in [2.24, 2.45) is 11.8 Å². The molecule has 64 heavy (non-hydrogen) atoms. The summed E-state index contributed by atoms with van der Waals surface area (Å²) in [5, 5.41) is 0. The van der Waals surface area contributed by atoms with E-state index >= 15 is 0 Å². The Hall–Kier alpha value is 6.45. The van der Waals surface area contributed by atoms with Gasteiger partial charge in [-0.2, -0.15) is 0 Å². The average molecular weight is 1190 g/mol. The van der Waals surface area contributed by atoms with Crippen LogP contribution in [0, 0.1) is 11.8 Å². The highest BCUT2D eigenvalue weighted by molar-refractivity contribution is 7.22. The average Bonchev–Trinajstić information content (AvgIpc) is 3.28. The summed E-state index contributed by atoms with van der Waals surface area (Å²) < 4.78 is 0. The highest BCUT2D eigenvalue weighted by atomic mass is 31.0. The third kappa shape index (κ3) is 173. The molecule has 17 unspecified atom stereocenters. The van der Waals surface area contributed by atoms with E-state index in [1.807, 2.05) is 0 Å². The molecular weight excluding hydrogens is 1050 g/mol. The largest absolute Gasteiger partial charge is 0.138 e. The lowest BCUT2D eigenvalue weighted by Crippen LogP contribution is -1.97. The maximum atomic E-state index is 2.90. The molecule has 0 aliphatic heterocycles. The maximum Gasteiger partial charge on any atom is -0.0258 e. The van der Waals surface area contributed by atoms with Crippen molar-refractivity contribution in [3.63, 3.8) is 0 Å². The van der Waals surface area contributed by atoms with E-state index in [0.717, 1.165) is 28.8 Å². The second-order valence-electron chi connectivity index (χ2n) is 15.8. The standard InChI is InChI=1S/2C7H17P.2C6H16P2.C5H15P3.2C4H10.2C3H9P.2C2H8P2/c1-3-4-7(2)5-6-8;1-3-5-7(8)6-4-2;1-6(2-4-7)3-5-8;1-2-3-6(8)4-5-7;6-3-1-5(8)2-4-7;2*1-3-4-2;2*1-2-3-4;2*3-1-2-4/h2*7H,3-6,8H2,1-2H3;2*6H,2-5,7-8H2,1H3;5H,1-4,6-8H2;2*3-4H2,1-2H3;2*2-4H2,1H3;2*1-4H2. The molecule has 17 atom stereocenters. The van der Waals surface area contributed by atoms with Crippen molar-refractivity contribution in [1.82, 2.24) is 0 Å². The molecule has 0 nitrogen and oxygen atoms in total. The van der Waals surface area contributed by atoms with E-state index < -0.39 is 0 Å². The van der Waals surface area contributed by atoms with E-state index in [-0.39, 0.29) is 0 Å². The van der Waals surface area contributed by atoms with Gasteiger partial charge in [0.2, 0.25) is 0 Å². The Bertz CT molecular complexity index is 418. The second-order valence-corrected chi connectivity index (χ2v) is 25.6. The van der Waals surface area contributed by atoms with Crippen LogP contribution in [-0.4, -0.2) is 90.9 Å². The molecule has 0 spiro atoms. The molecule has 0 saturated heterocycles. The summed E-state index contributed by atoms with van der Waals surface area (Å²) in [6.07, 6.45) is 41.5. The Morgan fingerprint density at radius 1 is 0.203 bits per heavy atom. The smallest absolute Gasteiger partial charge is 0.0258 e. The van der Waals surface area contributed by atoms with Crippen LogP contribution in [0.15, 0.2) is 0 Å². The Labute approximate surface area is 449 Å². The first-order chi connectivity index (χ1) is 30.5. The fourth-order valence-corrected chi connectivity index (χ4v) is 9.55. The molecule has 0 saturated carbocycles. The molecule has 0 bridgehead atoms. The molecule has 0 aliphatic rings. The summed E-state index contributed by atoms with van der Waals surface area (Å²) in [5.74, 6) is 1.86. The molecule has 0 aromatic heterocycles. The van der Waals surface area contributed by atoms with Gasteiger partial charge in [-0.05, 0) is 161 Å². The fourth-order valence-electron chi connectivity index (χ4n) is 3.82. The van der Waals surface area contributed by atoms with Crippen LogP contribution in [0.1, 0.15) is 212 Å². The van der Waals surface area contributed by atoms with Gasteiger partial charge in [-0.25, -0.2) is 0 Å². The van der Waals surface area contributed by atoms with Crippen molar-refractivity contribution in [3.05, 3.63) is 0 Å². The summed E-state index contributed by atoms with van der Waals surface area (Å²) in [5.41, 5.74) is 2.58. The van der Waals surface area contributed by atoms with Gasteiger partial charge in [-0.1, -0.05) is 154 Å². The van der Waals surface area contributed by atoms with Crippen LogP contribution in [-0.2, 0) is 0 Å². The zero-order valence-electron chi connectivity index (χ0n) is 46.2. The van der Waals surface area contributed by atoms with Crippen molar-refractivity contribution in [1.29, 1.82) is 0 Å². The molecular formula is C49H135P15. The van der Waals surface area contributed by atoms with E-state index in [1.165, 1.54) is 202 Å². The van der Waals surface area contributed by atoms with E-state index in [0.29, 0.717) is 0 Å². The van der Waals surface area contributed by atoms with Gasteiger partial charge in [0.15, 0.2) is 0 Å². The monoisotopic (exact) mass is 1190 g/mol. The minimum absolute atomic E-state index is 0.838. The van der Waals surface area contributed by atoms with Gasteiger partial charge in [0.25, 0.3) is 0 Å². The quantitative estimate of drug-likeness (QED) is 0.0758. The predicted molar refractivity (Wildman–Crippen MR) is 383 cm³/mol. The lowest BCUT2D eigenvalue weighted by molar-refractivity contribution is 0.513. The van der Waals surface area contributed by atoms with Crippen LogP contribution in [0.3, 0.4) is 0 Å². The van der Waals surface area contributed by atoms with Gasteiger partial charge in [0.05, 0.1) is 0 Å². The summed E-state index contributed by atoms with van der Waals surface area (Å²) in [4.78, 5) is 0. The van der Waals surface area contributed by atoms with E-state index in [9.17, 15) is 0 Å². The molecule has 0 fully saturated rings. The highest BCUT2D eigenvalue weighted by Gasteiger charge is 1.98. The van der Waals surface area contributed by atoms with Crippen LogP contribution in [0.4, 0.5) is 0 Å². The minimum Gasteiger partial charge on any atom is -0.138 e. The summed E-state index contributed by atoms with van der Waals surface area (Å²) >= 11 is 0. The molecule has 406 valence electrons. The zero-order chi connectivity index (χ0) is 52.5. The SMILES string of the molecule is CC(CCP)CCP.CCCC.CCCC.CCCC(C)CCP.CCCC(P)CCC.CCCC(P)CCP.CCCP.CCCP.PCCC(P)CCP.PCCP.PCCP. The van der Waals surface area contributed by atoms with Crippen LogP contribution in [0.2, 0.25) is 0 Å². The fraction of sp³-hybridized carbons (Fsp3) is 1.00. The predicted octanol–water partition coefficient (Wildman–Crippen LogP) is 19.4. The maximum absolute atomic E-state index is 2.90. The van der Waals surface area contributed by atoms with Gasteiger partial charge in [-0.3, -0.25) is 0 Å². The second kappa shape index (κ2) is 114. The van der Waals surface area contributed by atoms with Crippen LogP contribution < -0.4 is 0 Å². The first-order valence-corrected chi connectivity index (χ1v) is 38.0. The van der Waals surface area contributed by atoms with Gasteiger partial charge < -0.3 is 0 Å². The first kappa shape index (κ1) is 96.1. The van der Waals surface area contributed by atoms with Gasteiger partial charge in [-0.15, -0.1) is 139 Å². The highest BCUT2D eigenvalue weighted by Crippen LogP contribution is 2.15. The van der Waals surface area contributed by atoms with Crippen LogP contribution >= 0.6 is 139 Å². The summed E-state index contributed by atoms with van der Waals surface area (Å²) in [6.45, 7) is 26.7. The molecule has 0 heterocycles. The Morgan fingerprint density at radius 3 is 0.516 bits per heavy atom. The summed E-state index contributed by atoms with van der Waals surface area (Å²) in [7, 11) is 41.1.